The summed E-state index contributed by atoms with van der Waals surface area (Å²) in [5.41, 5.74) is 7.65. The molecule has 10 heteroatoms. The van der Waals surface area contributed by atoms with Crippen molar-refractivity contribution < 1.29 is 18.9 Å². The van der Waals surface area contributed by atoms with Crippen molar-refractivity contribution in [2.45, 2.75) is 19.8 Å². The van der Waals surface area contributed by atoms with Crippen LogP contribution in [0.3, 0.4) is 0 Å². The van der Waals surface area contributed by atoms with Gasteiger partial charge in [-0.3, -0.25) is 9.36 Å². The third kappa shape index (κ3) is 4.58. The highest BCUT2D eigenvalue weighted by Crippen LogP contribution is 2.39. The number of aromatic nitrogens is 1. The van der Waals surface area contributed by atoms with Gasteiger partial charge in [0.15, 0.2) is 23.0 Å². The topological polar surface area (TPSA) is 133 Å². The third-order valence-corrected chi connectivity index (χ3v) is 7.10. The molecule has 38 heavy (non-hydrogen) atoms. The monoisotopic (exact) mass is 530 g/mol. The number of nitriles is 2. The second-order valence-electron chi connectivity index (χ2n) is 8.11. The maximum absolute atomic E-state index is 13.4. The lowest BCUT2D eigenvalue weighted by Gasteiger charge is -2.23. The van der Waals surface area contributed by atoms with E-state index in [9.17, 15) is 15.3 Å². The summed E-state index contributed by atoms with van der Waals surface area (Å²) in [7, 11) is 3.06. The Morgan fingerprint density at radius 2 is 1.55 bits per heavy atom. The summed E-state index contributed by atoms with van der Waals surface area (Å²) in [4.78, 5) is 13.4. The van der Waals surface area contributed by atoms with E-state index in [0.29, 0.717) is 56.5 Å². The summed E-state index contributed by atoms with van der Waals surface area (Å²) in [6, 6.07) is 14.9. The molecule has 2 aromatic carbocycles. The quantitative estimate of drug-likeness (QED) is 0.470. The largest absolute Gasteiger partial charge is 0.493 e. The van der Waals surface area contributed by atoms with Crippen molar-refractivity contribution in [3.8, 4) is 35.1 Å². The SMILES string of the molecule is CCOc1ccc(/C=c2\sc3n(c2=O)C(N)=C(C#N)[C@H](c2ccc(OCC)c(OC)c2)C=3C#N)cc1OC. The lowest BCUT2D eigenvalue weighted by atomic mass is 9.84. The average Bonchev–Trinajstić information content (AvgIpc) is 3.25. The molecule has 1 aliphatic heterocycles. The minimum absolute atomic E-state index is 0.00970. The van der Waals surface area contributed by atoms with E-state index in [1.807, 2.05) is 13.8 Å². The smallest absolute Gasteiger partial charge is 0.274 e. The van der Waals surface area contributed by atoms with Gasteiger partial charge in [0.05, 0.1) is 61.2 Å². The number of fused-ring (bicyclic) bond motifs is 1. The van der Waals surface area contributed by atoms with Crippen molar-refractivity contribution >= 4 is 28.8 Å². The highest BCUT2D eigenvalue weighted by atomic mass is 32.1. The summed E-state index contributed by atoms with van der Waals surface area (Å²) < 4.78 is 24.0. The van der Waals surface area contributed by atoms with Crippen molar-refractivity contribution in [1.29, 1.82) is 10.5 Å². The zero-order valence-corrected chi connectivity index (χ0v) is 22.2. The van der Waals surface area contributed by atoms with Crippen LogP contribution in [-0.4, -0.2) is 32.0 Å². The Morgan fingerprint density at radius 3 is 2.13 bits per heavy atom. The Labute approximate surface area is 223 Å². The summed E-state index contributed by atoms with van der Waals surface area (Å²) in [6.45, 7) is 4.68. The van der Waals surface area contributed by atoms with E-state index in [2.05, 4.69) is 12.1 Å². The Hall–Kier alpha value is -4.67. The molecule has 9 nitrogen and oxygen atoms in total. The Morgan fingerprint density at radius 1 is 0.947 bits per heavy atom. The molecule has 1 aliphatic rings. The van der Waals surface area contributed by atoms with E-state index >= 15 is 0 Å². The molecule has 0 saturated heterocycles. The fourth-order valence-corrected chi connectivity index (χ4v) is 5.45. The van der Waals surface area contributed by atoms with Gasteiger partial charge in [-0.25, -0.2) is 0 Å². The standard InChI is InChI=1S/C28H26N4O5S/c1-5-36-20-9-7-16(11-22(20)34-3)12-24-27(33)32-26(31)18(14-29)25(19(15-30)28(32)38-24)17-8-10-21(37-6-2)23(13-17)35-4/h7-13,25H,5-6,31H2,1-4H3/b24-12-/t25-/m0/s1. The number of hydrogen-bond donors (Lipinski definition) is 1. The number of thiazole rings is 1. The number of ether oxygens (including phenoxy) is 4. The maximum Gasteiger partial charge on any atom is 0.274 e. The van der Waals surface area contributed by atoms with Gasteiger partial charge in [0.1, 0.15) is 10.5 Å². The van der Waals surface area contributed by atoms with E-state index in [1.165, 1.54) is 11.7 Å². The number of benzene rings is 2. The molecule has 1 aromatic heterocycles. The van der Waals surface area contributed by atoms with Gasteiger partial charge in [-0.1, -0.05) is 12.1 Å². The molecular weight excluding hydrogens is 504 g/mol. The van der Waals surface area contributed by atoms with Crippen molar-refractivity contribution in [3.63, 3.8) is 0 Å². The summed E-state index contributed by atoms with van der Waals surface area (Å²) in [5, 5.41) is 20.3. The first-order valence-corrected chi connectivity index (χ1v) is 12.6. The van der Waals surface area contributed by atoms with Crippen LogP contribution in [0, 0.1) is 22.7 Å². The first-order chi connectivity index (χ1) is 18.4. The minimum Gasteiger partial charge on any atom is -0.493 e. The summed E-state index contributed by atoms with van der Waals surface area (Å²) in [5.74, 6) is 1.34. The Kier molecular flexibility index (Phi) is 7.75. The fourth-order valence-electron chi connectivity index (χ4n) is 4.32. The Bertz CT molecular complexity index is 1690. The number of nitrogens with two attached hydrogens (primary N) is 1. The van der Waals surface area contributed by atoms with Crippen LogP contribution in [-0.2, 0) is 0 Å². The molecule has 0 spiro atoms. The fraction of sp³-hybridized carbons (Fsp3) is 0.250. The van der Waals surface area contributed by atoms with E-state index in [4.69, 9.17) is 24.7 Å². The van der Waals surface area contributed by atoms with Gasteiger partial charge in [0, 0.05) is 0 Å². The summed E-state index contributed by atoms with van der Waals surface area (Å²) in [6.07, 6.45) is 1.69. The zero-order valence-electron chi connectivity index (χ0n) is 21.4. The molecule has 0 unspecified atom stereocenters. The van der Waals surface area contributed by atoms with Gasteiger partial charge in [0.25, 0.3) is 5.56 Å². The number of nitrogens with zero attached hydrogens (tertiary/aromatic N) is 3. The van der Waals surface area contributed by atoms with Crippen LogP contribution < -0.4 is 39.4 Å². The van der Waals surface area contributed by atoms with Crippen LogP contribution in [0.1, 0.15) is 30.9 Å². The lowest BCUT2D eigenvalue weighted by Crippen LogP contribution is -2.38. The van der Waals surface area contributed by atoms with Crippen LogP contribution in [0.15, 0.2) is 46.8 Å². The van der Waals surface area contributed by atoms with Crippen LogP contribution in [0.4, 0.5) is 0 Å². The highest BCUT2D eigenvalue weighted by Gasteiger charge is 2.32. The van der Waals surface area contributed by atoms with Crippen LogP contribution >= 0.6 is 11.3 Å². The number of methoxy groups -OCH3 is 2. The molecule has 0 saturated carbocycles. The molecule has 4 rings (SSSR count). The van der Waals surface area contributed by atoms with Gasteiger partial charge in [-0.2, -0.15) is 10.5 Å². The van der Waals surface area contributed by atoms with Crippen molar-refractivity contribution in [2.24, 2.45) is 5.73 Å². The maximum atomic E-state index is 13.4. The molecule has 194 valence electrons. The lowest BCUT2D eigenvalue weighted by molar-refractivity contribution is 0.310. The first kappa shape index (κ1) is 26.4. The molecule has 2 heterocycles. The molecular formula is C28H26N4O5S. The number of hydrogen-bond acceptors (Lipinski definition) is 9. The molecule has 0 bridgehead atoms. The van der Waals surface area contributed by atoms with Crippen molar-refractivity contribution in [3.05, 3.63) is 72.6 Å². The predicted octanol–water partition coefficient (Wildman–Crippen LogP) is 2.68. The molecule has 0 fully saturated rings. The summed E-state index contributed by atoms with van der Waals surface area (Å²) >= 11 is 1.14. The van der Waals surface area contributed by atoms with Gasteiger partial charge in [-0.05, 0) is 55.3 Å². The molecule has 2 N–H and O–H groups in total. The molecule has 1 atom stereocenters. The van der Waals surface area contributed by atoms with Crippen LogP contribution in [0.25, 0.3) is 17.5 Å². The molecule has 0 amide bonds. The van der Waals surface area contributed by atoms with Gasteiger partial charge in [0.2, 0.25) is 0 Å². The van der Waals surface area contributed by atoms with Crippen molar-refractivity contribution in [1.82, 2.24) is 4.57 Å². The van der Waals surface area contributed by atoms with E-state index < -0.39 is 11.5 Å². The molecule has 3 aromatic rings. The predicted molar refractivity (Wildman–Crippen MR) is 145 cm³/mol. The van der Waals surface area contributed by atoms with Crippen molar-refractivity contribution in [2.75, 3.05) is 27.4 Å². The zero-order chi connectivity index (χ0) is 27.4. The highest BCUT2D eigenvalue weighted by molar-refractivity contribution is 7.07. The first-order valence-electron chi connectivity index (χ1n) is 11.8. The van der Waals surface area contributed by atoms with Gasteiger partial charge >= 0.3 is 0 Å². The third-order valence-electron chi connectivity index (χ3n) is 6.00. The van der Waals surface area contributed by atoms with Crippen LogP contribution in [0.5, 0.6) is 23.0 Å². The minimum atomic E-state index is -0.772. The van der Waals surface area contributed by atoms with Crippen LogP contribution in [0.2, 0.25) is 0 Å². The normalized spacial score (nSPS) is 14.9. The Balaban J connectivity index is 1.95. The second kappa shape index (κ2) is 11.2. The molecule has 0 aliphatic carbocycles. The van der Waals surface area contributed by atoms with Gasteiger partial charge in [-0.15, -0.1) is 11.3 Å². The van der Waals surface area contributed by atoms with E-state index in [0.717, 1.165) is 11.3 Å². The van der Waals surface area contributed by atoms with E-state index in [-0.39, 0.29) is 17.0 Å². The second-order valence-corrected chi connectivity index (χ2v) is 9.14. The van der Waals surface area contributed by atoms with E-state index in [1.54, 1.807) is 49.6 Å². The molecule has 0 radical (unpaired) electrons. The number of allylic oxidation sites excluding steroid dienone is 1. The average molecular weight is 531 g/mol. The van der Waals surface area contributed by atoms with Gasteiger partial charge < -0.3 is 24.7 Å². The number of rotatable bonds is 8.